The summed E-state index contributed by atoms with van der Waals surface area (Å²) in [6.07, 6.45) is 2.06. The highest BCUT2D eigenvalue weighted by Gasteiger charge is 2.06. The molecule has 0 aliphatic carbocycles. The molecule has 1 rings (SSSR count). The molecule has 0 aromatic carbocycles. The summed E-state index contributed by atoms with van der Waals surface area (Å²) in [5, 5.41) is 9.29. The van der Waals surface area contributed by atoms with Crippen molar-refractivity contribution in [1.82, 2.24) is 9.97 Å². The Bertz CT molecular complexity index is 271. The van der Waals surface area contributed by atoms with Gasteiger partial charge in [0.15, 0.2) is 0 Å². The lowest BCUT2D eigenvalue weighted by molar-refractivity contribution is 0.197. The molecule has 0 aliphatic heterocycles. The van der Waals surface area contributed by atoms with Crippen LogP contribution in [0, 0.1) is 6.92 Å². The van der Waals surface area contributed by atoms with E-state index in [1.54, 1.807) is 13.1 Å². The topological polar surface area (TPSA) is 46.0 Å². The van der Waals surface area contributed by atoms with E-state index in [-0.39, 0.29) is 0 Å². The van der Waals surface area contributed by atoms with Crippen LogP contribution in [0.2, 0.25) is 0 Å². The van der Waals surface area contributed by atoms with Crippen LogP contribution >= 0.6 is 0 Å². The molecule has 1 heterocycles. The molecule has 0 fully saturated rings. The van der Waals surface area contributed by atoms with Crippen molar-refractivity contribution in [3.05, 3.63) is 23.3 Å². The van der Waals surface area contributed by atoms with E-state index in [2.05, 4.69) is 9.97 Å². The van der Waals surface area contributed by atoms with E-state index in [4.69, 9.17) is 0 Å². The Labute approximate surface area is 72.5 Å². The Hall–Kier alpha value is -0.960. The van der Waals surface area contributed by atoms with E-state index >= 15 is 0 Å². The van der Waals surface area contributed by atoms with E-state index in [1.165, 1.54) is 0 Å². The Morgan fingerprint density at radius 2 is 2.25 bits per heavy atom. The van der Waals surface area contributed by atoms with Gasteiger partial charge in [-0.15, -0.1) is 0 Å². The van der Waals surface area contributed by atoms with Crippen LogP contribution in [0.1, 0.15) is 37.0 Å². The van der Waals surface area contributed by atoms with Gasteiger partial charge in [0.2, 0.25) is 0 Å². The van der Waals surface area contributed by atoms with E-state index < -0.39 is 6.10 Å². The fourth-order valence-electron chi connectivity index (χ4n) is 1.10. The van der Waals surface area contributed by atoms with Crippen molar-refractivity contribution in [2.24, 2.45) is 0 Å². The number of hydrogen-bond donors (Lipinski definition) is 1. The number of aryl methyl sites for hydroxylation is 2. The zero-order valence-corrected chi connectivity index (χ0v) is 7.70. The molecule has 0 aliphatic rings. The van der Waals surface area contributed by atoms with Crippen LogP contribution in [0.4, 0.5) is 0 Å². The normalized spacial score (nSPS) is 13.0. The summed E-state index contributed by atoms with van der Waals surface area (Å²) >= 11 is 0. The van der Waals surface area contributed by atoms with Gasteiger partial charge >= 0.3 is 0 Å². The van der Waals surface area contributed by atoms with Crippen LogP contribution in [0.5, 0.6) is 0 Å². The third kappa shape index (κ3) is 1.80. The molecule has 0 bridgehead atoms. The molecule has 66 valence electrons. The standard InChI is InChI=1S/C9H14N2O/c1-4-9-10-5-8(7(3)12)6(2)11-9/h5,7,12H,4H2,1-3H3/t7-/m1/s1. The number of aliphatic hydroxyl groups is 1. The SMILES string of the molecule is CCc1ncc([C@@H](C)O)c(C)n1. The van der Waals surface area contributed by atoms with E-state index in [0.29, 0.717) is 0 Å². The lowest BCUT2D eigenvalue weighted by Crippen LogP contribution is -2.02. The van der Waals surface area contributed by atoms with Gasteiger partial charge in [0.05, 0.1) is 6.10 Å². The van der Waals surface area contributed by atoms with Crippen LogP contribution in [0.15, 0.2) is 6.20 Å². The summed E-state index contributed by atoms with van der Waals surface area (Å²) in [7, 11) is 0. The molecule has 12 heavy (non-hydrogen) atoms. The Morgan fingerprint density at radius 1 is 1.58 bits per heavy atom. The second-order valence-electron chi connectivity index (χ2n) is 2.86. The minimum absolute atomic E-state index is 0.476. The molecule has 1 N–H and O–H groups in total. The number of rotatable bonds is 2. The molecule has 3 heteroatoms. The van der Waals surface area contributed by atoms with Crippen molar-refractivity contribution in [3.8, 4) is 0 Å². The molecule has 1 aromatic rings. The van der Waals surface area contributed by atoms with Gasteiger partial charge in [-0.2, -0.15) is 0 Å². The van der Waals surface area contributed by atoms with E-state index in [9.17, 15) is 5.11 Å². The first-order valence-electron chi connectivity index (χ1n) is 4.15. The molecular formula is C9H14N2O. The van der Waals surface area contributed by atoms with E-state index in [0.717, 1.165) is 23.5 Å². The first kappa shape index (κ1) is 9.13. The third-order valence-corrected chi connectivity index (χ3v) is 1.83. The van der Waals surface area contributed by atoms with Gasteiger partial charge in [-0.3, -0.25) is 0 Å². The summed E-state index contributed by atoms with van der Waals surface area (Å²) in [5.41, 5.74) is 1.68. The summed E-state index contributed by atoms with van der Waals surface area (Å²) in [4.78, 5) is 8.35. The molecule has 1 aromatic heterocycles. The molecule has 0 saturated heterocycles. The van der Waals surface area contributed by atoms with Crippen molar-refractivity contribution in [2.45, 2.75) is 33.3 Å². The largest absolute Gasteiger partial charge is 0.389 e. The highest BCUT2D eigenvalue weighted by atomic mass is 16.3. The quantitative estimate of drug-likeness (QED) is 0.722. The molecule has 0 unspecified atom stereocenters. The van der Waals surface area contributed by atoms with Gasteiger partial charge in [0, 0.05) is 23.9 Å². The summed E-state index contributed by atoms with van der Waals surface area (Å²) < 4.78 is 0. The van der Waals surface area contributed by atoms with E-state index in [1.807, 2.05) is 13.8 Å². The van der Waals surface area contributed by atoms with Crippen molar-refractivity contribution in [1.29, 1.82) is 0 Å². The number of hydrogen-bond acceptors (Lipinski definition) is 3. The van der Waals surface area contributed by atoms with Gasteiger partial charge in [-0.25, -0.2) is 9.97 Å². The second kappa shape index (κ2) is 3.63. The first-order chi connectivity index (χ1) is 5.65. The molecular weight excluding hydrogens is 152 g/mol. The number of aromatic nitrogens is 2. The summed E-state index contributed by atoms with van der Waals surface area (Å²) in [5.74, 6) is 0.830. The van der Waals surface area contributed by atoms with Crippen LogP contribution in [0.25, 0.3) is 0 Å². The van der Waals surface area contributed by atoms with Gasteiger partial charge in [-0.1, -0.05) is 6.92 Å². The maximum Gasteiger partial charge on any atom is 0.128 e. The minimum atomic E-state index is -0.476. The van der Waals surface area contributed by atoms with Crippen molar-refractivity contribution in [3.63, 3.8) is 0 Å². The maximum absolute atomic E-state index is 9.29. The maximum atomic E-state index is 9.29. The number of aliphatic hydroxyl groups excluding tert-OH is 1. The Balaban J connectivity index is 3.03. The molecule has 0 amide bonds. The average molecular weight is 166 g/mol. The molecule has 3 nitrogen and oxygen atoms in total. The number of nitrogens with zero attached hydrogens (tertiary/aromatic N) is 2. The van der Waals surface area contributed by atoms with Gasteiger partial charge in [-0.05, 0) is 13.8 Å². The van der Waals surface area contributed by atoms with Crippen LogP contribution in [-0.2, 0) is 6.42 Å². The molecule has 0 spiro atoms. The summed E-state index contributed by atoms with van der Waals surface area (Å²) in [6, 6.07) is 0. The van der Waals surface area contributed by atoms with Crippen molar-refractivity contribution < 1.29 is 5.11 Å². The highest BCUT2D eigenvalue weighted by Crippen LogP contribution is 2.13. The minimum Gasteiger partial charge on any atom is -0.389 e. The van der Waals surface area contributed by atoms with Gasteiger partial charge < -0.3 is 5.11 Å². The third-order valence-electron chi connectivity index (χ3n) is 1.83. The predicted octanol–water partition coefficient (Wildman–Crippen LogP) is 1.40. The highest BCUT2D eigenvalue weighted by molar-refractivity contribution is 5.18. The first-order valence-corrected chi connectivity index (χ1v) is 4.15. The fourth-order valence-corrected chi connectivity index (χ4v) is 1.10. The monoisotopic (exact) mass is 166 g/mol. The lowest BCUT2D eigenvalue weighted by atomic mass is 10.1. The Kier molecular flexibility index (Phi) is 2.76. The smallest absolute Gasteiger partial charge is 0.128 e. The molecule has 0 saturated carbocycles. The van der Waals surface area contributed by atoms with Crippen LogP contribution < -0.4 is 0 Å². The van der Waals surface area contributed by atoms with Crippen molar-refractivity contribution >= 4 is 0 Å². The van der Waals surface area contributed by atoms with Gasteiger partial charge in [0.25, 0.3) is 0 Å². The van der Waals surface area contributed by atoms with Crippen LogP contribution in [-0.4, -0.2) is 15.1 Å². The fraction of sp³-hybridized carbons (Fsp3) is 0.556. The zero-order chi connectivity index (χ0) is 9.14. The molecule has 0 radical (unpaired) electrons. The summed E-state index contributed by atoms with van der Waals surface area (Å²) in [6.45, 7) is 5.62. The Morgan fingerprint density at radius 3 is 2.67 bits per heavy atom. The average Bonchev–Trinajstić information content (AvgIpc) is 2.03. The predicted molar refractivity (Wildman–Crippen MR) is 46.8 cm³/mol. The van der Waals surface area contributed by atoms with Crippen LogP contribution in [0.3, 0.4) is 0 Å². The lowest BCUT2D eigenvalue weighted by Gasteiger charge is -2.07. The second-order valence-corrected chi connectivity index (χ2v) is 2.86. The molecule has 1 atom stereocenters. The van der Waals surface area contributed by atoms with Gasteiger partial charge in [0.1, 0.15) is 5.82 Å². The van der Waals surface area contributed by atoms with Crippen molar-refractivity contribution in [2.75, 3.05) is 0 Å². The zero-order valence-electron chi connectivity index (χ0n) is 7.70.